The van der Waals surface area contributed by atoms with E-state index in [0.29, 0.717) is 6.04 Å². The zero-order chi connectivity index (χ0) is 12.6. The van der Waals surface area contributed by atoms with Gasteiger partial charge in [-0.15, -0.1) is 0 Å². The van der Waals surface area contributed by atoms with Crippen molar-refractivity contribution in [2.75, 3.05) is 0 Å². The topological polar surface area (TPSA) is 30.9 Å². The first kappa shape index (κ1) is 12.7. The molecule has 0 amide bonds. The van der Waals surface area contributed by atoms with Gasteiger partial charge in [0.1, 0.15) is 0 Å². The molecule has 17 heavy (non-hydrogen) atoms. The SMILES string of the molecule is CC(N)Cc1cc2cccc(Br)c2n1C(C)C. The number of hydrogen-bond donors (Lipinski definition) is 1. The number of nitrogens with zero attached hydrogens (tertiary/aromatic N) is 1. The van der Waals surface area contributed by atoms with E-state index in [9.17, 15) is 0 Å². The minimum absolute atomic E-state index is 0.190. The Morgan fingerprint density at radius 2 is 2.00 bits per heavy atom. The first-order chi connectivity index (χ1) is 8.00. The van der Waals surface area contributed by atoms with Gasteiger partial charge in [-0.25, -0.2) is 0 Å². The minimum Gasteiger partial charge on any atom is -0.341 e. The second kappa shape index (κ2) is 4.83. The van der Waals surface area contributed by atoms with E-state index >= 15 is 0 Å². The molecular formula is C14H19BrN2. The van der Waals surface area contributed by atoms with Crippen molar-refractivity contribution in [3.8, 4) is 0 Å². The number of halogens is 1. The van der Waals surface area contributed by atoms with Crippen LogP contribution < -0.4 is 5.73 Å². The van der Waals surface area contributed by atoms with Crippen molar-refractivity contribution in [3.63, 3.8) is 0 Å². The Bertz CT molecular complexity index is 526. The van der Waals surface area contributed by atoms with Gasteiger partial charge in [-0.3, -0.25) is 0 Å². The van der Waals surface area contributed by atoms with Crippen molar-refractivity contribution in [2.24, 2.45) is 5.73 Å². The molecule has 1 heterocycles. The standard InChI is InChI=1S/C14H19BrN2/c1-9(2)17-12(7-10(3)16)8-11-5-4-6-13(15)14(11)17/h4-6,8-10H,7,16H2,1-3H3. The number of hydrogen-bond acceptors (Lipinski definition) is 1. The van der Waals surface area contributed by atoms with E-state index in [4.69, 9.17) is 5.73 Å². The molecule has 0 aliphatic carbocycles. The molecule has 1 aromatic carbocycles. The lowest BCUT2D eigenvalue weighted by atomic mass is 10.2. The van der Waals surface area contributed by atoms with Gasteiger partial charge in [-0.2, -0.15) is 0 Å². The second-order valence-corrected chi connectivity index (χ2v) is 5.81. The van der Waals surface area contributed by atoms with Crippen LogP contribution >= 0.6 is 15.9 Å². The molecule has 0 bridgehead atoms. The van der Waals surface area contributed by atoms with Gasteiger partial charge < -0.3 is 10.3 Å². The maximum atomic E-state index is 5.93. The van der Waals surface area contributed by atoms with E-state index in [1.165, 1.54) is 16.6 Å². The molecule has 0 saturated heterocycles. The number of para-hydroxylation sites is 1. The van der Waals surface area contributed by atoms with Crippen LogP contribution in [0.5, 0.6) is 0 Å². The van der Waals surface area contributed by atoms with E-state index in [0.717, 1.165) is 10.9 Å². The van der Waals surface area contributed by atoms with Gasteiger partial charge in [0.05, 0.1) is 5.52 Å². The summed E-state index contributed by atoms with van der Waals surface area (Å²) in [5.41, 5.74) is 8.52. The van der Waals surface area contributed by atoms with E-state index in [-0.39, 0.29) is 6.04 Å². The molecule has 2 nitrogen and oxygen atoms in total. The van der Waals surface area contributed by atoms with Crippen LogP contribution in [0.2, 0.25) is 0 Å². The van der Waals surface area contributed by atoms with E-state index < -0.39 is 0 Å². The highest BCUT2D eigenvalue weighted by molar-refractivity contribution is 9.10. The molecule has 0 fully saturated rings. The van der Waals surface area contributed by atoms with Gasteiger partial charge >= 0.3 is 0 Å². The third kappa shape index (κ3) is 2.40. The van der Waals surface area contributed by atoms with Gasteiger partial charge in [-0.1, -0.05) is 12.1 Å². The van der Waals surface area contributed by atoms with Gasteiger partial charge in [0.25, 0.3) is 0 Å². The summed E-state index contributed by atoms with van der Waals surface area (Å²) in [6, 6.07) is 9.21. The normalized spacial score (nSPS) is 13.5. The number of aromatic nitrogens is 1. The molecule has 0 radical (unpaired) electrons. The zero-order valence-electron chi connectivity index (χ0n) is 10.6. The quantitative estimate of drug-likeness (QED) is 0.915. The van der Waals surface area contributed by atoms with E-state index in [2.05, 4.69) is 65.5 Å². The predicted molar refractivity (Wildman–Crippen MR) is 77.4 cm³/mol. The van der Waals surface area contributed by atoms with Crippen molar-refractivity contribution >= 4 is 26.8 Å². The minimum atomic E-state index is 0.190. The first-order valence-electron chi connectivity index (χ1n) is 6.04. The monoisotopic (exact) mass is 294 g/mol. The first-order valence-corrected chi connectivity index (χ1v) is 6.84. The smallest absolute Gasteiger partial charge is 0.0629 e. The van der Waals surface area contributed by atoms with Crippen LogP contribution in [0.4, 0.5) is 0 Å². The van der Waals surface area contributed by atoms with Crippen LogP contribution in [-0.2, 0) is 6.42 Å². The summed E-state index contributed by atoms with van der Waals surface area (Å²) >= 11 is 3.64. The summed E-state index contributed by atoms with van der Waals surface area (Å²) in [5.74, 6) is 0. The lowest BCUT2D eigenvalue weighted by Gasteiger charge is -2.16. The van der Waals surface area contributed by atoms with Crippen molar-refractivity contribution < 1.29 is 0 Å². The lowest BCUT2D eigenvalue weighted by molar-refractivity contribution is 0.576. The summed E-state index contributed by atoms with van der Waals surface area (Å²) in [5, 5.41) is 1.28. The molecular weight excluding hydrogens is 276 g/mol. The van der Waals surface area contributed by atoms with Crippen molar-refractivity contribution in [1.29, 1.82) is 0 Å². The Kier molecular flexibility index (Phi) is 3.59. The van der Waals surface area contributed by atoms with E-state index in [1.54, 1.807) is 0 Å². The van der Waals surface area contributed by atoms with Crippen LogP contribution in [-0.4, -0.2) is 10.6 Å². The van der Waals surface area contributed by atoms with Gasteiger partial charge in [0.2, 0.25) is 0 Å². The molecule has 1 aromatic heterocycles. The average molecular weight is 295 g/mol. The lowest BCUT2D eigenvalue weighted by Crippen LogP contribution is -2.20. The average Bonchev–Trinajstić information content (AvgIpc) is 2.56. The highest BCUT2D eigenvalue weighted by Crippen LogP contribution is 2.30. The van der Waals surface area contributed by atoms with Crippen molar-refractivity contribution in [3.05, 3.63) is 34.4 Å². The molecule has 0 spiro atoms. The molecule has 3 heteroatoms. The Morgan fingerprint density at radius 3 is 2.59 bits per heavy atom. The largest absolute Gasteiger partial charge is 0.341 e. The summed E-state index contributed by atoms with van der Waals surface area (Å²) in [7, 11) is 0. The maximum absolute atomic E-state index is 5.93. The number of nitrogens with two attached hydrogens (primary N) is 1. The van der Waals surface area contributed by atoms with Gasteiger partial charge in [-0.05, 0) is 48.8 Å². The van der Waals surface area contributed by atoms with Crippen LogP contribution in [0, 0.1) is 0 Å². The molecule has 1 unspecified atom stereocenters. The molecule has 1 atom stereocenters. The summed E-state index contributed by atoms with van der Waals surface area (Å²) in [6.07, 6.45) is 0.916. The number of fused-ring (bicyclic) bond motifs is 1. The Labute approximate surface area is 111 Å². The highest BCUT2D eigenvalue weighted by atomic mass is 79.9. The fourth-order valence-corrected chi connectivity index (χ4v) is 2.94. The molecule has 2 aromatic rings. The van der Waals surface area contributed by atoms with Crippen molar-refractivity contribution in [1.82, 2.24) is 4.57 Å². The molecule has 92 valence electrons. The summed E-state index contributed by atoms with van der Waals surface area (Å²) < 4.78 is 3.53. The maximum Gasteiger partial charge on any atom is 0.0629 e. The zero-order valence-corrected chi connectivity index (χ0v) is 12.2. The van der Waals surface area contributed by atoms with Crippen LogP contribution in [0.25, 0.3) is 10.9 Å². The third-order valence-electron chi connectivity index (χ3n) is 2.94. The fraction of sp³-hybridized carbons (Fsp3) is 0.429. The third-order valence-corrected chi connectivity index (χ3v) is 3.58. The Morgan fingerprint density at radius 1 is 1.29 bits per heavy atom. The Balaban J connectivity index is 2.67. The van der Waals surface area contributed by atoms with Crippen LogP contribution in [0.3, 0.4) is 0 Å². The summed E-state index contributed by atoms with van der Waals surface area (Å²) in [6.45, 7) is 6.48. The Hall–Kier alpha value is -0.800. The highest BCUT2D eigenvalue weighted by Gasteiger charge is 2.14. The number of benzene rings is 1. The van der Waals surface area contributed by atoms with Crippen LogP contribution in [0.1, 0.15) is 32.5 Å². The van der Waals surface area contributed by atoms with Gasteiger partial charge in [0.15, 0.2) is 0 Å². The molecule has 0 aliphatic heterocycles. The predicted octanol–water partition coefficient (Wildman–Crippen LogP) is 3.87. The number of rotatable bonds is 3. The molecule has 2 rings (SSSR count). The molecule has 0 aliphatic rings. The van der Waals surface area contributed by atoms with Crippen molar-refractivity contribution in [2.45, 2.75) is 39.3 Å². The second-order valence-electron chi connectivity index (χ2n) is 4.96. The molecule has 0 saturated carbocycles. The fourth-order valence-electron chi connectivity index (χ4n) is 2.37. The van der Waals surface area contributed by atoms with Gasteiger partial charge in [0, 0.05) is 34.1 Å². The molecule has 2 N–H and O–H groups in total. The van der Waals surface area contributed by atoms with Crippen LogP contribution in [0.15, 0.2) is 28.7 Å². The summed E-state index contributed by atoms with van der Waals surface area (Å²) in [4.78, 5) is 0. The van der Waals surface area contributed by atoms with E-state index in [1.807, 2.05) is 0 Å².